The smallest absolute Gasteiger partial charge is 0.0662 e. The largest absolute Gasteiger partial charge is 0.129 e. The van der Waals surface area contributed by atoms with Gasteiger partial charge < -0.3 is 0 Å². The van der Waals surface area contributed by atoms with Gasteiger partial charge in [0.25, 0.3) is 0 Å². The van der Waals surface area contributed by atoms with Crippen LogP contribution in [-0.4, -0.2) is 5.25 Å². The summed E-state index contributed by atoms with van der Waals surface area (Å²) in [4.78, 5) is 2.94. The fraction of sp³-hybridized carbons (Fsp3) is 0.333. The minimum atomic E-state index is 0.665. The molecule has 3 heteroatoms. The van der Waals surface area contributed by atoms with Crippen LogP contribution in [0.2, 0.25) is 0 Å². The molecule has 1 aliphatic heterocycles. The first-order chi connectivity index (χ1) is 7.15. The molecule has 0 saturated heterocycles. The van der Waals surface area contributed by atoms with Crippen molar-refractivity contribution in [2.45, 2.75) is 25.0 Å². The fourth-order valence-corrected chi connectivity index (χ4v) is 5.53. The van der Waals surface area contributed by atoms with Crippen LogP contribution >= 0.6 is 45.7 Å². The van der Waals surface area contributed by atoms with Crippen LogP contribution in [0.5, 0.6) is 0 Å². The molecule has 0 bridgehead atoms. The van der Waals surface area contributed by atoms with E-state index in [2.05, 4.69) is 54.7 Å². The van der Waals surface area contributed by atoms with Crippen molar-refractivity contribution in [1.29, 1.82) is 0 Å². The Morgan fingerprint density at radius 1 is 1.33 bits per heavy atom. The van der Waals surface area contributed by atoms with Crippen molar-refractivity contribution in [3.05, 3.63) is 35.9 Å². The molecule has 1 aromatic rings. The summed E-state index contributed by atoms with van der Waals surface area (Å²) in [5.41, 5.74) is 3.07. The van der Waals surface area contributed by atoms with Gasteiger partial charge >= 0.3 is 0 Å². The Hall–Kier alpha value is 0.260. The van der Waals surface area contributed by atoms with Crippen LogP contribution in [0.3, 0.4) is 0 Å². The Balaban J connectivity index is 2.14. The van der Waals surface area contributed by atoms with E-state index >= 15 is 0 Å². The summed E-state index contributed by atoms with van der Waals surface area (Å²) in [6.07, 6.45) is 4.73. The summed E-state index contributed by atoms with van der Waals surface area (Å²) in [7, 11) is 0. The van der Waals surface area contributed by atoms with E-state index in [0.717, 1.165) is 0 Å². The summed E-state index contributed by atoms with van der Waals surface area (Å²) >= 11 is 6.37. The van der Waals surface area contributed by atoms with E-state index in [0.29, 0.717) is 11.2 Å². The molecule has 0 spiro atoms. The number of halogens is 1. The maximum Gasteiger partial charge on any atom is 0.0662 e. The van der Waals surface area contributed by atoms with E-state index in [1.165, 1.54) is 18.2 Å². The molecule has 0 saturated carbocycles. The molecule has 2 heterocycles. The number of thiophene rings is 1. The molecule has 0 fully saturated rings. The highest BCUT2D eigenvalue weighted by molar-refractivity contribution is 14.1. The van der Waals surface area contributed by atoms with Crippen LogP contribution in [0.25, 0.3) is 6.08 Å². The van der Waals surface area contributed by atoms with Crippen molar-refractivity contribution in [2.24, 2.45) is 0 Å². The summed E-state index contributed by atoms with van der Waals surface area (Å²) in [6.45, 7) is 4.58. The van der Waals surface area contributed by atoms with Gasteiger partial charge in [-0.15, -0.1) is 23.1 Å². The van der Waals surface area contributed by atoms with E-state index < -0.39 is 0 Å². The Labute approximate surface area is 112 Å². The zero-order valence-corrected chi connectivity index (χ0v) is 12.4. The predicted molar refractivity (Wildman–Crippen MR) is 78.6 cm³/mol. The molecule has 15 heavy (non-hydrogen) atoms. The monoisotopic (exact) mass is 346 g/mol. The van der Waals surface area contributed by atoms with Gasteiger partial charge in [0.1, 0.15) is 0 Å². The van der Waals surface area contributed by atoms with Gasteiger partial charge in [-0.3, -0.25) is 0 Å². The van der Waals surface area contributed by atoms with Crippen LogP contribution in [-0.2, 0) is 0 Å². The van der Waals surface area contributed by atoms with Gasteiger partial charge in [-0.2, -0.15) is 0 Å². The van der Waals surface area contributed by atoms with Crippen molar-refractivity contribution in [2.75, 3.05) is 0 Å². The highest BCUT2D eigenvalue weighted by Crippen LogP contribution is 2.49. The van der Waals surface area contributed by atoms with E-state index in [4.69, 9.17) is 0 Å². The van der Waals surface area contributed by atoms with Crippen LogP contribution in [0.4, 0.5) is 0 Å². The van der Waals surface area contributed by atoms with E-state index in [-0.39, 0.29) is 0 Å². The normalized spacial score (nSPS) is 28.2. The second-order valence-corrected chi connectivity index (χ2v) is 8.46. The van der Waals surface area contributed by atoms with Crippen LogP contribution in [0.15, 0.2) is 22.6 Å². The number of rotatable bonds is 0. The fourth-order valence-electron chi connectivity index (χ4n) is 2.30. The molecular formula is C12H11IS2. The van der Waals surface area contributed by atoms with Crippen molar-refractivity contribution in [3.8, 4) is 0 Å². The lowest BCUT2D eigenvalue weighted by molar-refractivity contribution is 0.779. The summed E-state index contributed by atoms with van der Waals surface area (Å²) in [5, 5.41) is 0.669. The third-order valence-corrected chi connectivity index (χ3v) is 6.30. The first-order valence-corrected chi connectivity index (χ1v) is 7.78. The SMILES string of the molecule is CC1=CC2=Cc3sc(I)cc3C(C)C2S1. The molecule has 1 aliphatic carbocycles. The standard InChI is InChI=1S/C12H11IS2/c1-6-3-8-4-10-9(5-11(13)15-10)7(2)12(8)14-6/h3-5,7,12H,1-2H3. The molecule has 0 aromatic carbocycles. The lowest BCUT2D eigenvalue weighted by Gasteiger charge is -2.24. The third kappa shape index (κ3) is 1.63. The minimum absolute atomic E-state index is 0.665. The molecular weight excluding hydrogens is 335 g/mol. The van der Waals surface area contributed by atoms with E-state index in [1.807, 2.05) is 23.1 Å². The van der Waals surface area contributed by atoms with Gasteiger partial charge in [-0.25, -0.2) is 0 Å². The van der Waals surface area contributed by atoms with Crippen molar-refractivity contribution >= 4 is 51.8 Å². The zero-order valence-electron chi connectivity index (χ0n) is 8.58. The average molecular weight is 346 g/mol. The molecule has 0 N–H and O–H groups in total. The van der Waals surface area contributed by atoms with Gasteiger partial charge in [0.15, 0.2) is 0 Å². The first kappa shape index (κ1) is 10.4. The first-order valence-electron chi connectivity index (χ1n) is 5.01. The second-order valence-electron chi connectivity index (χ2n) is 4.10. The third-order valence-electron chi connectivity index (χ3n) is 3.01. The predicted octanol–water partition coefficient (Wildman–Crippen LogP) is 4.87. The molecule has 0 nitrogen and oxygen atoms in total. The maximum absolute atomic E-state index is 2.43. The molecule has 2 unspecified atom stereocenters. The van der Waals surface area contributed by atoms with E-state index in [1.54, 1.807) is 5.56 Å². The highest BCUT2D eigenvalue weighted by Gasteiger charge is 2.32. The lowest BCUT2D eigenvalue weighted by atomic mass is 9.88. The molecule has 78 valence electrons. The van der Waals surface area contributed by atoms with Crippen LogP contribution in [0, 0.1) is 2.88 Å². The molecule has 0 radical (unpaired) electrons. The maximum atomic E-state index is 2.43. The minimum Gasteiger partial charge on any atom is -0.129 e. The van der Waals surface area contributed by atoms with Gasteiger partial charge in [0, 0.05) is 10.1 Å². The molecule has 0 amide bonds. The average Bonchev–Trinajstić information content (AvgIpc) is 2.69. The Morgan fingerprint density at radius 2 is 2.13 bits per heavy atom. The Bertz CT molecular complexity index is 482. The van der Waals surface area contributed by atoms with Crippen molar-refractivity contribution < 1.29 is 0 Å². The molecule has 2 aliphatic rings. The van der Waals surface area contributed by atoms with Gasteiger partial charge in [-0.1, -0.05) is 6.92 Å². The lowest BCUT2D eigenvalue weighted by Crippen LogP contribution is -2.15. The number of hydrogen-bond donors (Lipinski definition) is 0. The van der Waals surface area contributed by atoms with Crippen molar-refractivity contribution in [3.63, 3.8) is 0 Å². The molecule has 2 atom stereocenters. The second kappa shape index (κ2) is 3.64. The zero-order chi connectivity index (χ0) is 10.6. The van der Waals surface area contributed by atoms with Gasteiger partial charge in [0.05, 0.1) is 2.88 Å². The van der Waals surface area contributed by atoms with Crippen LogP contribution in [0.1, 0.15) is 30.2 Å². The topological polar surface area (TPSA) is 0 Å². The van der Waals surface area contributed by atoms with E-state index in [9.17, 15) is 0 Å². The van der Waals surface area contributed by atoms with Crippen LogP contribution < -0.4 is 0 Å². The Morgan fingerprint density at radius 3 is 2.93 bits per heavy atom. The summed E-state index contributed by atoms with van der Waals surface area (Å²) < 4.78 is 1.41. The Kier molecular flexibility index (Phi) is 2.52. The number of hydrogen-bond acceptors (Lipinski definition) is 2. The number of allylic oxidation sites excluding steroid dienone is 2. The molecule has 1 aromatic heterocycles. The highest BCUT2D eigenvalue weighted by atomic mass is 127. The number of thioether (sulfide) groups is 1. The van der Waals surface area contributed by atoms with Crippen molar-refractivity contribution in [1.82, 2.24) is 0 Å². The van der Waals surface area contributed by atoms with Gasteiger partial charge in [-0.05, 0) is 69.7 Å². The quantitative estimate of drug-likeness (QED) is 0.604. The molecule has 3 rings (SSSR count). The summed E-state index contributed by atoms with van der Waals surface area (Å²) in [6, 6.07) is 2.35. The van der Waals surface area contributed by atoms with Gasteiger partial charge in [0.2, 0.25) is 0 Å². The summed E-state index contributed by atoms with van der Waals surface area (Å²) in [5.74, 6) is 0.665. The number of fused-ring (bicyclic) bond motifs is 2.